The van der Waals surface area contributed by atoms with Crippen molar-refractivity contribution in [1.29, 1.82) is 0 Å². The number of amides is 1. The molecule has 2 N–H and O–H groups in total. The summed E-state index contributed by atoms with van der Waals surface area (Å²) in [6, 6.07) is 0.211. The van der Waals surface area contributed by atoms with Gasteiger partial charge in [0.15, 0.2) is 0 Å². The molecule has 52 heavy (non-hydrogen) atoms. The van der Waals surface area contributed by atoms with E-state index < -0.39 is 11.4 Å². The minimum atomic E-state index is -0.882. The Labute approximate surface area is 315 Å². The number of rotatable bonds is 10. The van der Waals surface area contributed by atoms with Crippen LogP contribution in [0.3, 0.4) is 0 Å². The second-order valence-corrected chi connectivity index (χ2v) is 21.2. The number of hydrogen-bond acceptors (Lipinski definition) is 5. The van der Waals surface area contributed by atoms with E-state index in [9.17, 15) is 19.5 Å². The molecule has 1 aliphatic heterocycles. The number of hydrogen-bond donors (Lipinski definition) is 2. The molecule has 1 saturated heterocycles. The zero-order valence-electron chi connectivity index (χ0n) is 34.3. The lowest BCUT2D eigenvalue weighted by Gasteiger charge is -2.73. The fourth-order valence-corrected chi connectivity index (χ4v) is 14.7. The minimum absolute atomic E-state index is 0.0473. The predicted molar refractivity (Wildman–Crippen MR) is 207 cm³/mol. The molecule has 0 aromatic carbocycles. The predicted octanol–water partition coefficient (Wildman–Crippen LogP) is 9.56. The van der Waals surface area contributed by atoms with Gasteiger partial charge in [0, 0.05) is 36.7 Å². The third kappa shape index (κ3) is 6.48. The fourth-order valence-electron chi connectivity index (χ4n) is 14.7. The van der Waals surface area contributed by atoms with Crippen molar-refractivity contribution in [3.8, 4) is 0 Å². The van der Waals surface area contributed by atoms with Crippen LogP contribution in [-0.4, -0.2) is 53.1 Å². The second kappa shape index (κ2) is 13.5. The van der Waals surface area contributed by atoms with E-state index in [0.29, 0.717) is 36.0 Å². The molecule has 5 aliphatic carbocycles. The first-order valence-electron chi connectivity index (χ1n) is 20.9. The first-order chi connectivity index (χ1) is 24.1. The van der Waals surface area contributed by atoms with E-state index in [-0.39, 0.29) is 63.9 Å². The molecule has 0 unspecified atom stereocenters. The summed E-state index contributed by atoms with van der Waals surface area (Å²) in [5, 5.41) is 12.8. The summed E-state index contributed by atoms with van der Waals surface area (Å²) in [5.74, 6) is 1.74. The van der Waals surface area contributed by atoms with E-state index in [0.717, 1.165) is 63.7 Å². The molecule has 0 spiro atoms. The summed E-state index contributed by atoms with van der Waals surface area (Å²) in [6.07, 6.45) is 12.9. The van der Waals surface area contributed by atoms with E-state index in [1.54, 1.807) is 0 Å². The van der Waals surface area contributed by atoms with Crippen molar-refractivity contribution in [3.63, 3.8) is 0 Å². The fraction of sp³-hybridized carbons (Fsp3) is 0.844. The molecule has 11 atom stereocenters. The highest BCUT2D eigenvalue weighted by Gasteiger charge is 2.71. The van der Waals surface area contributed by atoms with Crippen LogP contribution in [0.5, 0.6) is 0 Å². The Morgan fingerprint density at radius 2 is 1.56 bits per heavy atom. The molecule has 0 radical (unpaired) electrons. The maximum Gasteiger partial charge on any atom is 0.306 e. The van der Waals surface area contributed by atoms with Crippen LogP contribution in [0.4, 0.5) is 0 Å². The molecule has 1 amide bonds. The SMILES string of the molecule is C=C(C)[C@@H]1CC[C@]2(CC(=O)N[C@H]3CCN(C(=C)C)C3)CC[C@]3(C)[C@H](CC[C@@H]4[C@@]5(C)CC[C@H](OC(=O)CC(C)(C)CC(=O)O)C(C)(C)[C@@H]5CC[C@]43C)[C@@H]12. The first kappa shape index (κ1) is 39.4. The van der Waals surface area contributed by atoms with Gasteiger partial charge in [-0.2, -0.15) is 0 Å². The molecule has 0 aromatic rings. The number of fused-ring (bicyclic) bond motifs is 7. The quantitative estimate of drug-likeness (QED) is 0.172. The number of carbonyl (C=O) groups is 3. The van der Waals surface area contributed by atoms with E-state index in [1.807, 2.05) is 13.8 Å². The number of carbonyl (C=O) groups excluding carboxylic acids is 2. The maximum atomic E-state index is 13.9. The summed E-state index contributed by atoms with van der Waals surface area (Å²) in [6.45, 7) is 31.1. The Morgan fingerprint density at radius 1 is 0.846 bits per heavy atom. The van der Waals surface area contributed by atoms with E-state index >= 15 is 0 Å². The zero-order chi connectivity index (χ0) is 38.2. The average Bonchev–Trinajstić information content (AvgIpc) is 3.63. The average molecular weight is 721 g/mol. The van der Waals surface area contributed by atoms with Crippen LogP contribution in [0.15, 0.2) is 24.4 Å². The molecule has 6 aliphatic rings. The number of carboxylic acid groups (broad SMARTS) is 1. The smallest absolute Gasteiger partial charge is 0.306 e. The molecule has 7 nitrogen and oxygen atoms in total. The molecule has 5 saturated carbocycles. The van der Waals surface area contributed by atoms with Gasteiger partial charge < -0.3 is 20.1 Å². The van der Waals surface area contributed by atoms with Crippen LogP contribution >= 0.6 is 0 Å². The van der Waals surface area contributed by atoms with Gasteiger partial charge in [-0.15, -0.1) is 0 Å². The van der Waals surface area contributed by atoms with Gasteiger partial charge >= 0.3 is 11.9 Å². The second-order valence-electron chi connectivity index (χ2n) is 21.2. The van der Waals surface area contributed by atoms with Crippen molar-refractivity contribution >= 4 is 17.8 Å². The number of ether oxygens (including phenoxy) is 1. The van der Waals surface area contributed by atoms with Crippen molar-refractivity contribution in [2.24, 2.45) is 62.1 Å². The van der Waals surface area contributed by atoms with Crippen LogP contribution in [-0.2, 0) is 19.1 Å². The normalized spacial score (nSPS) is 42.2. The van der Waals surface area contributed by atoms with Crippen LogP contribution < -0.4 is 5.32 Å². The van der Waals surface area contributed by atoms with Gasteiger partial charge in [-0.3, -0.25) is 14.4 Å². The summed E-state index contributed by atoms with van der Waals surface area (Å²) in [4.78, 5) is 40.9. The van der Waals surface area contributed by atoms with E-state index in [2.05, 4.69) is 71.8 Å². The standard InChI is InChI=1S/C45H72N2O5/c1-28(2)31-14-20-45(24-36(48)46-30-17-23-47(27-30)29(3)4)22-21-43(10)32(39(31)45)12-13-34-42(9)18-16-35(41(7,8)33(42)15-19-44(34,43)11)52-38(51)26-40(5,6)25-37(49)50/h30-35,39H,1,3,12-27H2,2,4-11H3,(H,46,48)(H,49,50)/t30-,31-,32+,33-,34+,35-,39+,42-,43+,44+,45+/m0/s1. The number of nitrogens with zero attached hydrogens (tertiary/aromatic N) is 1. The lowest BCUT2D eigenvalue weighted by Crippen LogP contribution is -2.67. The minimum Gasteiger partial charge on any atom is -0.481 e. The summed E-state index contributed by atoms with van der Waals surface area (Å²) < 4.78 is 6.29. The highest BCUT2D eigenvalue weighted by Crippen LogP contribution is 2.78. The van der Waals surface area contributed by atoms with E-state index in [4.69, 9.17) is 4.74 Å². The van der Waals surface area contributed by atoms with Crippen molar-refractivity contribution in [2.45, 2.75) is 164 Å². The highest BCUT2D eigenvalue weighted by molar-refractivity contribution is 5.77. The molecule has 292 valence electrons. The Morgan fingerprint density at radius 3 is 2.19 bits per heavy atom. The third-order valence-corrected chi connectivity index (χ3v) is 17.3. The van der Waals surface area contributed by atoms with Gasteiger partial charge in [0.2, 0.25) is 5.91 Å². The summed E-state index contributed by atoms with van der Waals surface area (Å²) in [5.41, 5.74) is 2.22. The van der Waals surface area contributed by atoms with Crippen molar-refractivity contribution in [3.05, 3.63) is 24.4 Å². The lowest BCUT2D eigenvalue weighted by molar-refractivity contribution is -0.250. The van der Waals surface area contributed by atoms with Gasteiger partial charge in [0.25, 0.3) is 0 Å². The van der Waals surface area contributed by atoms with Gasteiger partial charge in [-0.05, 0) is 141 Å². The van der Waals surface area contributed by atoms with Crippen LogP contribution in [0.2, 0.25) is 0 Å². The van der Waals surface area contributed by atoms with Crippen molar-refractivity contribution < 1.29 is 24.2 Å². The van der Waals surface area contributed by atoms with Crippen LogP contribution in [0.25, 0.3) is 0 Å². The van der Waals surface area contributed by atoms with Crippen molar-refractivity contribution in [1.82, 2.24) is 10.2 Å². The molecular formula is C45H72N2O5. The van der Waals surface area contributed by atoms with Gasteiger partial charge in [0.1, 0.15) is 6.10 Å². The molecular weight excluding hydrogens is 649 g/mol. The summed E-state index contributed by atoms with van der Waals surface area (Å²) >= 11 is 0. The number of nitrogens with one attached hydrogen (secondary N) is 1. The molecule has 6 fully saturated rings. The highest BCUT2D eigenvalue weighted by atomic mass is 16.5. The Hall–Kier alpha value is -2.31. The zero-order valence-corrected chi connectivity index (χ0v) is 34.3. The number of aliphatic carboxylic acids is 1. The monoisotopic (exact) mass is 721 g/mol. The Bertz CT molecular complexity index is 1470. The topological polar surface area (TPSA) is 95.9 Å². The number of likely N-dealkylation sites (tertiary alicyclic amines) is 1. The molecule has 1 heterocycles. The molecule has 0 aromatic heterocycles. The first-order valence-corrected chi connectivity index (χ1v) is 20.9. The largest absolute Gasteiger partial charge is 0.481 e. The number of carboxylic acids is 1. The Balaban J connectivity index is 1.21. The van der Waals surface area contributed by atoms with Crippen LogP contribution in [0, 0.1) is 62.1 Å². The molecule has 0 bridgehead atoms. The number of allylic oxidation sites excluding steroid dienone is 2. The van der Waals surface area contributed by atoms with Gasteiger partial charge in [0.05, 0.1) is 12.8 Å². The molecule has 6 rings (SSSR count). The van der Waals surface area contributed by atoms with E-state index in [1.165, 1.54) is 31.3 Å². The van der Waals surface area contributed by atoms with Gasteiger partial charge in [-0.25, -0.2) is 0 Å². The van der Waals surface area contributed by atoms with Crippen molar-refractivity contribution in [2.75, 3.05) is 13.1 Å². The third-order valence-electron chi connectivity index (χ3n) is 17.3. The van der Waals surface area contributed by atoms with Gasteiger partial charge in [-0.1, -0.05) is 67.2 Å². The molecule has 7 heteroatoms. The number of esters is 1. The maximum absolute atomic E-state index is 13.9. The lowest BCUT2D eigenvalue weighted by atomic mass is 9.32. The Kier molecular flexibility index (Phi) is 10.2. The van der Waals surface area contributed by atoms with Crippen LogP contribution in [0.1, 0.15) is 152 Å². The summed E-state index contributed by atoms with van der Waals surface area (Å²) in [7, 11) is 0.